The number of hydrogen-bond donors (Lipinski definition) is 2. The summed E-state index contributed by atoms with van der Waals surface area (Å²) in [6.07, 6.45) is 5.79. The van der Waals surface area contributed by atoms with Crippen molar-refractivity contribution >= 4 is 0 Å². The molecular weight excluding hydrogens is 186 g/mol. The van der Waals surface area contributed by atoms with Crippen molar-refractivity contribution in [2.75, 3.05) is 6.61 Å². The first-order chi connectivity index (χ1) is 7.31. The Balaban J connectivity index is 2.23. The summed E-state index contributed by atoms with van der Waals surface area (Å²) in [7, 11) is 0. The van der Waals surface area contributed by atoms with E-state index in [1.807, 2.05) is 0 Å². The highest BCUT2D eigenvalue weighted by Gasteiger charge is 2.14. The van der Waals surface area contributed by atoms with Crippen LogP contribution in [0.25, 0.3) is 0 Å². The molecule has 2 heteroatoms. The Kier molecular flexibility index (Phi) is 3.39. The van der Waals surface area contributed by atoms with Crippen LogP contribution in [0.2, 0.25) is 0 Å². The first-order valence-corrected chi connectivity index (χ1v) is 5.77. The largest absolute Gasteiger partial charge is 0.395 e. The van der Waals surface area contributed by atoms with E-state index in [1.54, 1.807) is 0 Å². The number of aliphatic hydroxyl groups is 1. The highest BCUT2D eigenvalue weighted by Crippen LogP contribution is 2.24. The number of fused-ring (bicyclic) bond motifs is 1. The van der Waals surface area contributed by atoms with Gasteiger partial charge in [0.2, 0.25) is 0 Å². The zero-order chi connectivity index (χ0) is 10.7. The predicted molar refractivity (Wildman–Crippen MR) is 61.8 cm³/mol. The number of aliphatic hydroxyl groups excluding tert-OH is 1. The minimum atomic E-state index is -0.113. The highest BCUT2D eigenvalue weighted by molar-refractivity contribution is 5.37. The van der Waals surface area contributed by atoms with Crippen LogP contribution in [0.5, 0.6) is 0 Å². The van der Waals surface area contributed by atoms with Crippen LogP contribution in [-0.4, -0.2) is 17.8 Å². The van der Waals surface area contributed by atoms with Gasteiger partial charge in [-0.2, -0.15) is 0 Å². The fourth-order valence-corrected chi connectivity index (χ4v) is 2.40. The lowest BCUT2D eigenvalue weighted by Crippen LogP contribution is -2.27. The monoisotopic (exact) mass is 205 g/mol. The van der Waals surface area contributed by atoms with Crippen molar-refractivity contribution in [2.24, 2.45) is 5.73 Å². The van der Waals surface area contributed by atoms with Crippen LogP contribution in [0.3, 0.4) is 0 Å². The van der Waals surface area contributed by atoms with E-state index in [0.717, 1.165) is 6.42 Å². The smallest absolute Gasteiger partial charge is 0.0585 e. The van der Waals surface area contributed by atoms with Gasteiger partial charge in [-0.3, -0.25) is 0 Å². The predicted octanol–water partition coefficient (Wildman–Crippen LogP) is 1.43. The summed E-state index contributed by atoms with van der Waals surface area (Å²) in [5.41, 5.74) is 10.1. The Hall–Kier alpha value is -0.860. The maximum atomic E-state index is 8.98. The molecule has 0 fully saturated rings. The van der Waals surface area contributed by atoms with Crippen LogP contribution in [0.4, 0.5) is 0 Å². The van der Waals surface area contributed by atoms with Gasteiger partial charge in [-0.25, -0.2) is 0 Å². The first-order valence-electron chi connectivity index (χ1n) is 5.77. The van der Waals surface area contributed by atoms with Gasteiger partial charge in [-0.15, -0.1) is 0 Å². The van der Waals surface area contributed by atoms with E-state index in [9.17, 15) is 0 Å². The normalized spacial score (nSPS) is 17.2. The third kappa shape index (κ3) is 2.39. The Morgan fingerprint density at radius 2 is 2.07 bits per heavy atom. The molecule has 0 saturated heterocycles. The van der Waals surface area contributed by atoms with Gasteiger partial charge in [-0.1, -0.05) is 18.2 Å². The fraction of sp³-hybridized carbons (Fsp3) is 0.538. The molecule has 1 aromatic rings. The summed E-state index contributed by atoms with van der Waals surface area (Å²) in [6.45, 7) is 0.0731. The quantitative estimate of drug-likeness (QED) is 0.784. The van der Waals surface area contributed by atoms with Crippen LogP contribution < -0.4 is 5.73 Å². The second-order valence-electron chi connectivity index (χ2n) is 4.41. The summed E-state index contributed by atoms with van der Waals surface area (Å²) in [5.74, 6) is 0. The number of rotatable bonds is 3. The van der Waals surface area contributed by atoms with E-state index in [0.29, 0.717) is 0 Å². The summed E-state index contributed by atoms with van der Waals surface area (Å²) in [4.78, 5) is 0. The minimum absolute atomic E-state index is 0.0731. The molecule has 0 aromatic heterocycles. The molecule has 2 rings (SSSR count). The van der Waals surface area contributed by atoms with E-state index in [2.05, 4.69) is 18.2 Å². The lowest BCUT2D eigenvalue weighted by atomic mass is 9.86. The van der Waals surface area contributed by atoms with Crippen molar-refractivity contribution in [2.45, 2.75) is 38.1 Å². The molecule has 0 radical (unpaired) electrons. The molecule has 2 nitrogen and oxygen atoms in total. The molecule has 1 aromatic carbocycles. The molecule has 1 unspecified atom stereocenters. The molecular formula is C13H19NO. The van der Waals surface area contributed by atoms with Crippen LogP contribution >= 0.6 is 0 Å². The summed E-state index contributed by atoms with van der Waals surface area (Å²) in [6, 6.07) is 6.38. The van der Waals surface area contributed by atoms with Gasteiger partial charge in [0.1, 0.15) is 0 Å². The lowest BCUT2D eigenvalue weighted by molar-refractivity contribution is 0.265. The van der Waals surface area contributed by atoms with E-state index in [-0.39, 0.29) is 12.6 Å². The molecule has 0 aliphatic heterocycles. The standard InChI is InChI=1S/C13H19NO/c14-12(9-15)8-11-6-3-5-10-4-1-2-7-13(10)11/h3,5-6,12,15H,1-2,4,7-9,14H2. The van der Waals surface area contributed by atoms with Crippen molar-refractivity contribution in [3.8, 4) is 0 Å². The molecule has 1 aliphatic carbocycles. The molecule has 0 heterocycles. The molecule has 1 atom stereocenters. The Bertz CT molecular complexity index is 335. The van der Waals surface area contributed by atoms with Crippen molar-refractivity contribution in [3.63, 3.8) is 0 Å². The van der Waals surface area contributed by atoms with Gasteiger partial charge in [0.15, 0.2) is 0 Å². The van der Waals surface area contributed by atoms with Gasteiger partial charge >= 0.3 is 0 Å². The third-order valence-electron chi connectivity index (χ3n) is 3.21. The maximum Gasteiger partial charge on any atom is 0.0585 e. The number of nitrogens with two attached hydrogens (primary N) is 1. The number of hydrogen-bond acceptors (Lipinski definition) is 2. The molecule has 15 heavy (non-hydrogen) atoms. The number of aryl methyl sites for hydroxylation is 1. The van der Waals surface area contributed by atoms with Crippen molar-refractivity contribution < 1.29 is 5.11 Å². The second-order valence-corrected chi connectivity index (χ2v) is 4.41. The van der Waals surface area contributed by atoms with Crippen molar-refractivity contribution in [3.05, 3.63) is 34.9 Å². The van der Waals surface area contributed by atoms with Crippen molar-refractivity contribution in [1.29, 1.82) is 0 Å². The molecule has 0 bridgehead atoms. The van der Waals surface area contributed by atoms with Gasteiger partial charge in [0.25, 0.3) is 0 Å². The topological polar surface area (TPSA) is 46.2 Å². The molecule has 0 amide bonds. The Morgan fingerprint density at radius 3 is 2.87 bits per heavy atom. The molecule has 1 aliphatic rings. The van der Waals surface area contributed by atoms with Crippen molar-refractivity contribution in [1.82, 2.24) is 0 Å². The SMILES string of the molecule is NC(CO)Cc1cccc2c1CCCC2. The summed E-state index contributed by atoms with van der Waals surface area (Å²) >= 11 is 0. The minimum Gasteiger partial charge on any atom is -0.395 e. The lowest BCUT2D eigenvalue weighted by Gasteiger charge is -2.20. The van der Waals surface area contributed by atoms with E-state index in [1.165, 1.54) is 42.4 Å². The van der Waals surface area contributed by atoms with Crippen LogP contribution in [0.1, 0.15) is 29.5 Å². The van der Waals surface area contributed by atoms with E-state index < -0.39 is 0 Å². The molecule has 3 N–H and O–H groups in total. The highest BCUT2D eigenvalue weighted by atomic mass is 16.3. The fourth-order valence-electron chi connectivity index (χ4n) is 2.40. The zero-order valence-electron chi connectivity index (χ0n) is 9.08. The van der Waals surface area contributed by atoms with E-state index >= 15 is 0 Å². The average Bonchev–Trinajstić information content (AvgIpc) is 2.29. The zero-order valence-corrected chi connectivity index (χ0v) is 9.08. The van der Waals surface area contributed by atoms with E-state index in [4.69, 9.17) is 10.8 Å². The summed E-state index contributed by atoms with van der Waals surface area (Å²) in [5, 5.41) is 8.98. The Labute approximate surface area is 91.1 Å². The van der Waals surface area contributed by atoms with Crippen LogP contribution in [0.15, 0.2) is 18.2 Å². The van der Waals surface area contributed by atoms with Crippen LogP contribution in [0, 0.1) is 0 Å². The van der Waals surface area contributed by atoms with Crippen LogP contribution in [-0.2, 0) is 19.3 Å². The summed E-state index contributed by atoms with van der Waals surface area (Å²) < 4.78 is 0. The first kappa shape index (κ1) is 10.7. The average molecular weight is 205 g/mol. The number of benzene rings is 1. The second kappa shape index (κ2) is 4.77. The van der Waals surface area contributed by atoms with Gasteiger partial charge in [0, 0.05) is 6.04 Å². The van der Waals surface area contributed by atoms with Gasteiger partial charge in [-0.05, 0) is 48.8 Å². The molecule has 0 saturated carbocycles. The third-order valence-corrected chi connectivity index (χ3v) is 3.21. The maximum absolute atomic E-state index is 8.98. The Morgan fingerprint density at radius 1 is 1.27 bits per heavy atom. The molecule has 82 valence electrons. The molecule has 0 spiro atoms. The van der Waals surface area contributed by atoms with Gasteiger partial charge in [0.05, 0.1) is 6.61 Å². The van der Waals surface area contributed by atoms with Gasteiger partial charge < -0.3 is 10.8 Å².